The summed E-state index contributed by atoms with van der Waals surface area (Å²) in [6.45, 7) is 3.71. The van der Waals surface area contributed by atoms with E-state index in [1.807, 2.05) is 19.9 Å². The molecule has 2 aromatic heterocycles. The number of carbonyl (C=O) groups excluding carboxylic acids is 1. The lowest BCUT2D eigenvalue weighted by Gasteiger charge is -2.09. The summed E-state index contributed by atoms with van der Waals surface area (Å²) in [4.78, 5) is 20.3. The van der Waals surface area contributed by atoms with E-state index < -0.39 is 0 Å². The Hall–Kier alpha value is -3.42. The highest BCUT2D eigenvalue weighted by Gasteiger charge is 2.09. The van der Waals surface area contributed by atoms with E-state index in [1.165, 1.54) is 6.33 Å². The first-order valence-electron chi connectivity index (χ1n) is 7.97. The zero-order valence-corrected chi connectivity index (χ0v) is 14.8. The molecule has 0 atom stereocenters. The van der Waals surface area contributed by atoms with Gasteiger partial charge in [0.15, 0.2) is 12.4 Å². The number of carbonyl (C=O) groups is 1. The van der Waals surface area contributed by atoms with Crippen molar-refractivity contribution in [3.8, 4) is 17.3 Å². The lowest BCUT2D eigenvalue weighted by atomic mass is 10.3. The minimum absolute atomic E-state index is 0.133. The van der Waals surface area contributed by atoms with E-state index in [1.54, 1.807) is 42.1 Å². The van der Waals surface area contributed by atoms with Crippen LogP contribution in [0, 0.1) is 13.8 Å². The summed E-state index contributed by atoms with van der Waals surface area (Å²) in [5.74, 6) is 1.94. The fourth-order valence-corrected chi connectivity index (χ4v) is 2.39. The van der Waals surface area contributed by atoms with Crippen LogP contribution in [0.15, 0.2) is 42.7 Å². The van der Waals surface area contributed by atoms with Crippen LogP contribution in [-0.2, 0) is 4.79 Å². The molecule has 1 amide bonds. The molecule has 8 nitrogen and oxygen atoms in total. The molecule has 0 fully saturated rings. The third kappa shape index (κ3) is 4.15. The molecule has 0 saturated carbocycles. The molecule has 0 aliphatic rings. The van der Waals surface area contributed by atoms with Gasteiger partial charge in [-0.1, -0.05) is 0 Å². The van der Waals surface area contributed by atoms with Crippen LogP contribution in [0.4, 0.5) is 5.82 Å². The Kier molecular flexibility index (Phi) is 5.12. The van der Waals surface area contributed by atoms with Crippen LogP contribution in [0.1, 0.15) is 11.4 Å². The lowest BCUT2D eigenvalue weighted by molar-refractivity contribution is -0.118. The van der Waals surface area contributed by atoms with Crippen LogP contribution < -0.4 is 14.8 Å². The summed E-state index contributed by atoms with van der Waals surface area (Å²) >= 11 is 0. The van der Waals surface area contributed by atoms with Gasteiger partial charge in [-0.3, -0.25) is 4.79 Å². The Morgan fingerprint density at radius 1 is 1.12 bits per heavy atom. The van der Waals surface area contributed by atoms with Gasteiger partial charge in [0.05, 0.1) is 12.8 Å². The number of rotatable bonds is 6. The first-order valence-corrected chi connectivity index (χ1v) is 7.97. The average Bonchev–Trinajstić information content (AvgIpc) is 2.99. The van der Waals surface area contributed by atoms with Crippen LogP contribution in [0.3, 0.4) is 0 Å². The van der Waals surface area contributed by atoms with Gasteiger partial charge in [-0.2, -0.15) is 5.10 Å². The van der Waals surface area contributed by atoms with Crippen molar-refractivity contribution in [2.45, 2.75) is 13.8 Å². The van der Waals surface area contributed by atoms with Gasteiger partial charge >= 0.3 is 0 Å². The van der Waals surface area contributed by atoms with Crippen LogP contribution in [-0.4, -0.2) is 39.4 Å². The summed E-state index contributed by atoms with van der Waals surface area (Å²) in [5, 5.41) is 7.06. The zero-order valence-electron chi connectivity index (χ0n) is 14.8. The van der Waals surface area contributed by atoms with Crippen molar-refractivity contribution in [1.82, 2.24) is 19.7 Å². The number of anilines is 1. The average molecular weight is 353 g/mol. The van der Waals surface area contributed by atoms with E-state index in [0.717, 1.165) is 17.1 Å². The molecule has 0 aliphatic heterocycles. The Labute approximate surface area is 150 Å². The number of aromatic nitrogens is 4. The minimum Gasteiger partial charge on any atom is -0.497 e. The van der Waals surface area contributed by atoms with Crippen molar-refractivity contribution >= 4 is 11.7 Å². The molecule has 0 radical (unpaired) electrons. The van der Waals surface area contributed by atoms with E-state index in [0.29, 0.717) is 17.4 Å². The zero-order chi connectivity index (χ0) is 18.5. The maximum Gasteiger partial charge on any atom is 0.263 e. The Morgan fingerprint density at radius 2 is 1.85 bits per heavy atom. The number of hydrogen-bond acceptors (Lipinski definition) is 6. The molecule has 0 aliphatic carbocycles. The smallest absolute Gasteiger partial charge is 0.263 e. The molecule has 1 aromatic carbocycles. The van der Waals surface area contributed by atoms with Crippen molar-refractivity contribution in [1.29, 1.82) is 0 Å². The van der Waals surface area contributed by atoms with Gasteiger partial charge in [-0.15, -0.1) is 0 Å². The summed E-state index contributed by atoms with van der Waals surface area (Å²) in [6, 6.07) is 10.6. The molecule has 3 rings (SSSR count). The van der Waals surface area contributed by atoms with Crippen LogP contribution in [0.2, 0.25) is 0 Å². The number of amides is 1. The lowest BCUT2D eigenvalue weighted by Crippen LogP contribution is -2.21. The van der Waals surface area contributed by atoms with Crippen molar-refractivity contribution in [3.63, 3.8) is 0 Å². The molecule has 26 heavy (non-hydrogen) atoms. The van der Waals surface area contributed by atoms with Gasteiger partial charge in [0.1, 0.15) is 23.6 Å². The molecule has 0 bridgehead atoms. The first kappa shape index (κ1) is 17.4. The van der Waals surface area contributed by atoms with Gasteiger partial charge in [-0.25, -0.2) is 14.6 Å². The summed E-state index contributed by atoms with van der Waals surface area (Å²) in [7, 11) is 1.59. The third-order valence-corrected chi connectivity index (χ3v) is 3.58. The van der Waals surface area contributed by atoms with Gasteiger partial charge < -0.3 is 14.8 Å². The maximum absolute atomic E-state index is 12.1. The minimum atomic E-state index is -0.321. The Balaban J connectivity index is 1.62. The molecule has 3 aromatic rings. The highest BCUT2D eigenvalue weighted by atomic mass is 16.5. The van der Waals surface area contributed by atoms with Gasteiger partial charge in [0.25, 0.3) is 5.91 Å². The molecule has 8 heteroatoms. The topological polar surface area (TPSA) is 91.2 Å². The van der Waals surface area contributed by atoms with Crippen molar-refractivity contribution < 1.29 is 14.3 Å². The standard InChI is InChI=1S/C18H19N5O3/c1-12-8-13(2)23(22-12)17-9-16(19-11-20-17)21-18(24)10-26-15-6-4-14(25-3)5-7-15/h4-9,11H,10H2,1-3H3,(H,19,20,21,24). The SMILES string of the molecule is COc1ccc(OCC(=O)Nc2cc(-n3nc(C)cc3C)ncn2)cc1. The fraction of sp³-hybridized carbons (Fsp3) is 0.222. The number of ether oxygens (including phenoxy) is 2. The third-order valence-electron chi connectivity index (χ3n) is 3.58. The second-order valence-electron chi connectivity index (χ2n) is 5.61. The largest absolute Gasteiger partial charge is 0.497 e. The number of methoxy groups -OCH3 is 1. The predicted octanol–water partition coefficient (Wildman–Crippen LogP) is 2.31. The van der Waals surface area contributed by atoms with Crippen LogP contribution in [0.25, 0.3) is 5.82 Å². The Morgan fingerprint density at radius 3 is 2.50 bits per heavy atom. The summed E-state index contributed by atoms with van der Waals surface area (Å²) in [5.41, 5.74) is 1.83. The molecule has 1 N–H and O–H groups in total. The molecule has 2 heterocycles. The Bertz CT molecular complexity index is 905. The quantitative estimate of drug-likeness (QED) is 0.731. The highest BCUT2D eigenvalue weighted by molar-refractivity contribution is 5.91. The molecular formula is C18H19N5O3. The normalized spacial score (nSPS) is 10.4. The molecule has 0 spiro atoms. The second-order valence-corrected chi connectivity index (χ2v) is 5.61. The summed E-state index contributed by atoms with van der Waals surface area (Å²) in [6.07, 6.45) is 1.38. The number of hydrogen-bond donors (Lipinski definition) is 1. The van der Waals surface area contributed by atoms with E-state index in [-0.39, 0.29) is 12.5 Å². The predicted molar refractivity (Wildman–Crippen MR) is 95.7 cm³/mol. The van der Waals surface area contributed by atoms with E-state index in [9.17, 15) is 4.79 Å². The van der Waals surface area contributed by atoms with Gasteiger partial charge in [0.2, 0.25) is 0 Å². The van der Waals surface area contributed by atoms with Crippen LogP contribution in [0.5, 0.6) is 11.5 Å². The van der Waals surface area contributed by atoms with Crippen LogP contribution >= 0.6 is 0 Å². The van der Waals surface area contributed by atoms with Crippen molar-refractivity contribution in [3.05, 3.63) is 54.1 Å². The number of aryl methyl sites for hydroxylation is 2. The second kappa shape index (κ2) is 7.64. The summed E-state index contributed by atoms with van der Waals surface area (Å²) < 4.78 is 12.2. The molecule has 0 saturated heterocycles. The van der Waals surface area contributed by atoms with Gasteiger partial charge in [-0.05, 0) is 44.2 Å². The van der Waals surface area contributed by atoms with Crippen molar-refractivity contribution in [2.75, 3.05) is 19.0 Å². The van der Waals surface area contributed by atoms with Gasteiger partial charge in [0, 0.05) is 11.8 Å². The fourth-order valence-electron chi connectivity index (χ4n) is 2.39. The van der Waals surface area contributed by atoms with E-state index >= 15 is 0 Å². The molecule has 0 unspecified atom stereocenters. The molecular weight excluding hydrogens is 334 g/mol. The molecule has 134 valence electrons. The monoisotopic (exact) mass is 353 g/mol. The number of benzene rings is 1. The number of nitrogens with zero attached hydrogens (tertiary/aromatic N) is 4. The maximum atomic E-state index is 12.1. The first-order chi connectivity index (χ1) is 12.5. The number of nitrogens with one attached hydrogen (secondary N) is 1. The highest BCUT2D eigenvalue weighted by Crippen LogP contribution is 2.17. The van der Waals surface area contributed by atoms with Crippen molar-refractivity contribution in [2.24, 2.45) is 0 Å². The van der Waals surface area contributed by atoms with E-state index in [2.05, 4.69) is 20.4 Å². The van der Waals surface area contributed by atoms with E-state index in [4.69, 9.17) is 9.47 Å².